The van der Waals surface area contributed by atoms with E-state index in [4.69, 9.17) is 20.9 Å². The Morgan fingerprint density at radius 1 is 1.08 bits per heavy atom. The number of ether oxygens (including phenoxy) is 1. The first-order valence-electron chi connectivity index (χ1n) is 8.02. The molecule has 0 bridgehead atoms. The molecule has 5 nitrogen and oxygen atoms in total. The van der Waals surface area contributed by atoms with E-state index in [0.717, 1.165) is 35.4 Å². The first kappa shape index (κ1) is 15.4. The van der Waals surface area contributed by atoms with Crippen LogP contribution in [0.25, 0.3) is 22.2 Å². The minimum atomic E-state index is 0.169. The second-order valence-corrected chi connectivity index (χ2v) is 6.58. The van der Waals surface area contributed by atoms with Crippen LogP contribution >= 0.6 is 11.6 Å². The van der Waals surface area contributed by atoms with Crippen LogP contribution in [0.3, 0.4) is 0 Å². The van der Waals surface area contributed by atoms with Crippen LogP contribution in [0.1, 0.15) is 13.8 Å². The van der Waals surface area contributed by atoms with Crippen molar-refractivity contribution in [1.29, 1.82) is 0 Å². The van der Waals surface area contributed by atoms with E-state index in [9.17, 15) is 0 Å². The first-order chi connectivity index (χ1) is 11.6. The maximum absolute atomic E-state index is 6.64. The van der Waals surface area contributed by atoms with Crippen LogP contribution < -0.4 is 4.90 Å². The fraction of sp³-hybridized carbons (Fsp3) is 0.333. The molecular formula is C18H18ClN3O2. The lowest BCUT2D eigenvalue weighted by Crippen LogP contribution is -2.45. The predicted octanol–water partition coefficient (Wildman–Crippen LogP) is 4.16. The molecule has 0 radical (unpaired) electrons. The van der Waals surface area contributed by atoms with Crippen molar-refractivity contribution in [2.45, 2.75) is 26.1 Å². The molecule has 124 valence electrons. The summed E-state index contributed by atoms with van der Waals surface area (Å²) in [5.74, 6) is 0. The molecule has 0 N–H and O–H groups in total. The summed E-state index contributed by atoms with van der Waals surface area (Å²) < 4.78 is 11.4. The normalized spacial score (nSPS) is 21.4. The van der Waals surface area contributed by atoms with Crippen molar-refractivity contribution in [2.24, 2.45) is 0 Å². The molecule has 0 saturated carbocycles. The molecule has 3 heterocycles. The summed E-state index contributed by atoms with van der Waals surface area (Å²) in [7, 11) is 0. The van der Waals surface area contributed by atoms with E-state index < -0.39 is 0 Å². The molecule has 3 aromatic rings. The van der Waals surface area contributed by atoms with Crippen LogP contribution in [0.4, 0.5) is 5.69 Å². The van der Waals surface area contributed by atoms with Crippen molar-refractivity contribution >= 4 is 28.3 Å². The molecular weight excluding hydrogens is 326 g/mol. The van der Waals surface area contributed by atoms with Crippen LogP contribution in [0, 0.1) is 0 Å². The average molecular weight is 344 g/mol. The summed E-state index contributed by atoms with van der Waals surface area (Å²) in [5, 5.41) is 5.72. The highest BCUT2D eigenvalue weighted by molar-refractivity contribution is 6.37. The third-order valence-corrected chi connectivity index (χ3v) is 4.64. The summed E-state index contributed by atoms with van der Waals surface area (Å²) in [6, 6.07) is 7.87. The number of fused-ring (bicyclic) bond motifs is 1. The second-order valence-electron chi connectivity index (χ2n) is 6.20. The number of halogens is 1. The van der Waals surface area contributed by atoms with Gasteiger partial charge in [-0.2, -0.15) is 0 Å². The lowest BCUT2D eigenvalue weighted by molar-refractivity contribution is -0.00520. The average Bonchev–Trinajstić information content (AvgIpc) is 3.00. The number of hydrogen-bond acceptors (Lipinski definition) is 5. The highest BCUT2D eigenvalue weighted by Gasteiger charge is 2.25. The zero-order chi connectivity index (χ0) is 16.7. The minimum absolute atomic E-state index is 0.169. The Balaban J connectivity index is 1.77. The molecule has 1 saturated heterocycles. The lowest BCUT2D eigenvalue weighted by Gasteiger charge is -2.37. The minimum Gasteiger partial charge on any atom is -0.372 e. The van der Waals surface area contributed by atoms with Gasteiger partial charge in [-0.15, -0.1) is 0 Å². The van der Waals surface area contributed by atoms with E-state index in [1.54, 1.807) is 12.4 Å². The summed E-state index contributed by atoms with van der Waals surface area (Å²) in [6.07, 6.45) is 3.82. The lowest BCUT2D eigenvalue weighted by atomic mass is 10.1. The number of rotatable bonds is 2. The standard InChI is InChI=1S/C18H18ClN3O2/c1-11-9-22(10-12(2)23-11)15-4-3-14-17(13-5-7-20-8-6-13)21-24-18(14)16(15)19/h3-8,11-12H,9-10H2,1-2H3/t11-,12+. The predicted molar refractivity (Wildman–Crippen MR) is 94.5 cm³/mol. The largest absolute Gasteiger partial charge is 0.372 e. The van der Waals surface area contributed by atoms with Crippen LogP contribution in [0.5, 0.6) is 0 Å². The summed E-state index contributed by atoms with van der Waals surface area (Å²) in [5.41, 5.74) is 3.32. The summed E-state index contributed by atoms with van der Waals surface area (Å²) >= 11 is 6.64. The zero-order valence-corrected chi connectivity index (χ0v) is 14.3. The van der Waals surface area contributed by atoms with Gasteiger partial charge in [0.15, 0.2) is 5.58 Å². The Labute approximate surface area is 145 Å². The monoisotopic (exact) mass is 343 g/mol. The number of nitrogens with zero attached hydrogens (tertiary/aromatic N) is 3. The number of pyridine rings is 1. The SMILES string of the molecule is C[C@@H]1CN(c2ccc3c(-c4ccncc4)noc3c2Cl)C[C@H](C)O1. The number of aromatic nitrogens is 2. The van der Waals surface area contributed by atoms with Crippen molar-refractivity contribution in [3.63, 3.8) is 0 Å². The molecule has 2 aromatic heterocycles. The van der Waals surface area contributed by atoms with Gasteiger partial charge in [0.05, 0.1) is 23.3 Å². The Hall–Kier alpha value is -2.11. The third-order valence-electron chi connectivity index (χ3n) is 4.27. The quantitative estimate of drug-likeness (QED) is 0.699. The molecule has 2 atom stereocenters. The van der Waals surface area contributed by atoms with E-state index in [1.807, 2.05) is 24.3 Å². The van der Waals surface area contributed by atoms with Gasteiger partial charge >= 0.3 is 0 Å². The molecule has 0 amide bonds. The number of morpholine rings is 1. The molecule has 24 heavy (non-hydrogen) atoms. The van der Waals surface area contributed by atoms with Gasteiger partial charge in [-0.3, -0.25) is 4.98 Å². The third kappa shape index (κ3) is 2.64. The number of hydrogen-bond donors (Lipinski definition) is 0. The molecule has 1 aliphatic heterocycles. The molecule has 6 heteroatoms. The van der Waals surface area contributed by atoms with Crippen LogP contribution in [0.2, 0.25) is 5.02 Å². The Morgan fingerprint density at radius 2 is 1.79 bits per heavy atom. The Bertz CT molecular complexity index is 855. The van der Waals surface area contributed by atoms with E-state index >= 15 is 0 Å². The van der Waals surface area contributed by atoms with E-state index in [-0.39, 0.29) is 12.2 Å². The van der Waals surface area contributed by atoms with Crippen molar-refractivity contribution in [2.75, 3.05) is 18.0 Å². The topological polar surface area (TPSA) is 51.4 Å². The Morgan fingerprint density at radius 3 is 2.50 bits per heavy atom. The van der Waals surface area contributed by atoms with Crippen LogP contribution in [0.15, 0.2) is 41.2 Å². The summed E-state index contributed by atoms with van der Waals surface area (Å²) in [4.78, 5) is 6.28. The zero-order valence-electron chi connectivity index (χ0n) is 13.6. The van der Waals surface area contributed by atoms with Gasteiger partial charge in [-0.25, -0.2) is 0 Å². The fourth-order valence-corrected chi connectivity index (χ4v) is 3.62. The molecule has 1 aliphatic rings. The Kier molecular flexibility index (Phi) is 3.90. The van der Waals surface area contributed by atoms with Gasteiger partial charge < -0.3 is 14.2 Å². The van der Waals surface area contributed by atoms with Gasteiger partial charge in [0.2, 0.25) is 0 Å². The van der Waals surface area contributed by atoms with E-state index in [1.165, 1.54) is 0 Å². The maximum Gasteiger partial charge on any atom is 0.188 e. The highest BCUT2D eigenvalue weighted by Crippen LogP contribution is 2.38. The van der Waals surface area contributed by atoms with Crippen LogP contribution in [-0.4, -0.2) is 35.4 Å². The molecule has 0 unspecified atom stereocenters. The fourth-order valence-electron chi connectivity index (χ4n) is 3.30. The smallest absolute Gasteiger partial charge is 0.188 e. The van der Waals surface area contributed by atoms with Crippen molar-refractivity contribution in [3.05, 3.63) is 41.7 Å². The van der Waals surface area contributed by atoms with Crippen molar-refractivity contribution < 1.29 is 9.26 Å². The second kappa shape index (κ2) is 6.07. The van der Waals surface area contributed by atoms with E-state index in [0.29, 0.717) is 10.6 Å². The van der Waals surface area contributed by atoms with Gasteiger partial charge in [-0.05, 0) is 38.1 Å². The molecule has 0 aliphatic carbocycles. The number of anilines is 1. The number of benzene rings is 1. The summed E-state index contributed by atoms with van der Waals surface area (Å²) in [6.45, 7) is 5.76. The molecule has 1 aromatic carbocycles. The van der Waals surface area contributed by atoms with Gasteiger partial charge in [0.1, 0.15) is 10.7 Å². The highest BCUT2D eigenvalue weighted by atomic mass is 35.5. The molecule has 4 rings (SSSR count). The van der Waals surface area contributed by atoms with Gasteiger partial charge in [0.25, 0.3) is 0 Å². The van der Waals surface area contributed by atoms with Gasteiger partial charge in [-0.1, -0.05) is 16.8 Å². The molecule has 0 spiro atoms. The van der Waals surface area contributed by atoms with Crippen LogP contribution in [-0.2, 0) is 4.74 Å². The maximum atomic E-state index is 6.64. The molecule has 1 fully saturated rings. The van der Waals surface area contributed by atoms with Gasteiger partial charge in [0, 0.05) is 31.0 Å². The van der Waals surface area contributed by atoms with Crippen molar-refractivity contribution in [1.82, 2.24) is 10.1 Å². The first-order valence-corrected chi connectivity index (χ1v) is 8.40. The van der Waals surface area contributed by atoms with Crippen molar-refractivity contribution in [3.8, 4) is 11.3 Å². The van der Waals surface area contributed by atoms with E-state index in [2.05, 4.69) is 28.9 Å².